The zero-order valence-corrected chi connectivity index (χ0v) is 11.1. The summed E-state index contributed by atoms with van der Waals surface area (Å²) in [4.78, 5) is 11.6. The van der Waals surface area contributed by atoms with E-state index in [9.17, 15) is 4.79 Å². The minimum atomic E-state index is -0.602. The number of carbonyl (C=O) groups is 1. The molecule has 0 heterocycles. The fourth-order valence-corrected chi connectivity index (χ4v) is 1.69. The fourth-order valence-electron chi connectivity index (χ4n) is 1.18. The van der Waals surface area contributed by atoms with E-state index in [1.54, 1.807) is 0 Å². The lowest BCUT2D eigenvalue weighted by molar-refractivity contribution is 0.190. The molecule has 8 heteroatoms. The lowest BCUT2D eigenvalue weighted by Crippen LogP contribution is -2.42. The summed E-state index contributed by atoms with van der Waals surface area (Å²) < 4.78 is 5.00. The summed E-state index contributed by atoms with van der Waals surface area (Å²) in [6.45, 7) is -0.226. The molecule has 1 aromatic rings. The summed E-state index contributed by atoms with van der Waals surface area (Å²) in [6.07, 6.45) is 0. The third-order valence-corrected chi connectivity index (χ3v) is 2.69. The quantitative estimate of drug-likeness (QED) is 0.448. The summed E-state index contributed by atoms with van der Waals surface area (Å²) in [5.74, 6) is 5.76. The predicted molar refractivity (Wildman–Crippen MR) is 70.0 cm³/mol. The van der Waals surface area contributed by atoms with Crippen molar-refractivity contribution in [3.05, 3.63) is 22.2 Å². The van der Waals surface area contributed by atoms with Crippen molar-refractivity contribution < 1.29 is 14.6 Å². The Hall–Kier alpha value is -1.21. The number of aliphatic hydroxyl groups is 1. The van der Waals surface area contributed by atoms with E-state index >= 15 is 0 Å². The first-order valence-electron chi connectivity index (χ1n) is 4.96. The molecule has 1 aromatic carbocycles. The van der Waals surface area contributed by atoms with Crippen LogP contribution in [0.4, 0.5) is 10.5 Å². The smallest absolute Gasteiger partial charge is 0.336 e. The van der Waals surface area contributed by atoms with Crippen LogP contribution in [0.15, 0.2) is 12.1 Å². The molecule has 0 fully saturated rings. The Morgan fingerprint density at radius 2 is 2.17 bits per heavy atom. The van der Waals surface area contributed by atoms with Crippen LogP contribution in [0.5, 0.6) is 5.75 Å². The average Bonchev–Trinajstić information content (AvgIpc) is 2.32. The molecule has 0 aliphatic carbocycles. The van der Waals surface area contributed by atoms with E-state index in [1.807, 2.05) is 0 Å². The molecule has 0 saturated carbocycles. The third-order valence-electron chi connectivity index (χ3n) is 2.08. The number of amides is 2. The number of nitrogens with zero attached hydrogens (tertiary/aromatic N) is 1. The summed E-state index contributed by atoms with van der Waals surface area (Å²) in [5, 5.41) is 12.6. The number of hydrogen-bond acceptors (Lipinski definition) is 4. The SMILES string of the molecule is COc1cc(NC(=O)N(N)CCO)c(Cl)cc1Cl. The van der Waals surface area contributed by atoms with Crippen LogP contribution in [0.2, 0.25) is 10.0 Å². The molecule has 0 atom stereocenters. The average molecular weight is 294 g/mol. The number of urea groups is 1. The number of hydrogen-bond donors (Lipinski definition) is 3. The van der Waals surface area contributed by atoms with Crippen molar-refractivity contribution >= 4 is 34.9 Å². The number of benzene rings is 1. The Labute approximate surface area is 114 Å². The maximum Gasteiger partial charge on any atom is 0.336 e. The first kappa shape index (κ1) is 14.8. The Bertz CT molecular complexity index is 443. The summed E-state index contributed by atoms with van der Waals surface area (Å²) in [6, 6.07) is 2.33. The van der Waals surface area contributed by atoms with E-state index in [0.717, 1.165) is 5.01 Å². The van der Waals surface area contributed by atoms with Gasteiger partial charge in [-0.2, -0.15) is 0 Å². The topological polar surface area (TPSA) is 87.8 Å². The van der Waals surface area contributed by atoms with Gasteiger partial charge in [0, 0.05) is 6.07 Å². The molecule has 6 nitrogen and oxygen atoms in total. The van der Waals surface area contributed by atoms with Gasteiger partial charge in [-0.15, -0.1) is 0 Å². The van der Waals surface area contributed by atoms with Crippen molar-refractivity contribution in [3.8, 4) is 5.75 Å². The highest BCUT2D eigenvalue weighted by Gasteiger charge is 2.13. The summed E-state index contributed by atoms with van der Waals surface area (Å²) >= 11 is 11.8. The van der Waals surface area contributed by atoms with Crippen molar-refractivity contribution in [1.82, 2.24) is 5.01 Å². The van der Waals surface area contributed by atoms with E-state index < -0.39 is 6.03 Å². The molecule has 1 rings (SSSR count). The maximum atomic E-state index is 11.6. The van der Waals surface area contributed by atoms with Crippen molar-refractivity contribution in [1.29, 1.82) is 0 Å². The maximum absolute atomic E-state index is 11.6. The molecule has 0 unspecified atom stereocenters. The van der Waals surface area contributed by atoms with E-state index in [2.05, 4.69) is 5.32 Å². The van der Waals surface area contributed by atoms with Crippen LogP contribution in [-0.4, -0.2) is 36.4 Å². The Balaban J connectivity index is 2.87. The van der Waals surface area contributed by atoms with Gasteiger partial charge >= 0.3 is 6.03 Å². The van der Waals surface area contributed by atoms with E-state index in [0.29, 0.717) is 16.5 Å². The first-order chi connectivity index (χ1) is 8.49. The second-order valence-electron chi connectivity index (χ2n) is 3.31. The molecule has 0 spiro atoms. The lowest BCUT2D eigenvalue weighted by atomic mass is 10.3. The molecule has 2 amide bonds. The van der Waals surface area contributed by atoms with Gasteiger partial charge < -0.3 is 15.2 Å². The Kier molecular flexibility index (Phi) is 5.49. The van der Waals surface area contributed by atoms with Gasteiger partial charge in [0.2, 0.25) is 0 Å². The summed E-state index contributed by atoms with van der Waals surface area (Å²) in [7, 11) is 1.45. The van der Waals surface area contributed by atoms with Crippen LogP contribution < -0.4 is 15.9 Å². The molecule has 18 heavy (non-hydrogen) atoms. The minimum Gasteiger partial charge on any atom is -0.495 e. The predicted octanol–water partition coefficient (Wildman–Crippen LogP) is 1.70. The van der Waals surface area contributed by atoms with Gasteiger partial charge in [0.1, 0.15) is 5.75 Å². The molecular formula is C10H13Cl2N3O3. The summed E-state index contributed by atoms with van der Waals surface area (Å²) in [5.41, 5.74) is 0.316. The molecular weight excluding hydrogens is 281 g/mol. The molecule has 0 saturated heterocycles. The number of halogens is 2. The van der Waals surface area contributed by atoms with Gasteiger partial charge in [0.25, 0.3) is 0 Å². The molecule has 0 aliphatic rings. The number of rotatable bonds is 4. The van der Waals surface area contributed by atoms with Gasteiger partial charge in [0.05, 0.1) is 36.0 Å². The van der Waals surface area contributed by atoms with Crippen LogP contribution >= 0.6 is 23.2 Å². The Morgan fingerprint density at radius 3 is 2.72 bits per heavy atom. The van der Waals surface area contributed by atoms with Crippen LogP contribution in [0.1, 0.15) is 0 Å². The fraction of sp³-hybridized carbons (Fsp3) is 0.300. The van der Waals surface area contributed by atoms with E-state index in [4.69, 9.17) is 38.9 Å². The number of carbonyl (C=O) groups excluding carboxylic acids is 1. The van der Waals surface area contributed by atoms with Crippen LogP contribution in [0, 0.1) is 0 Å². The van der Waals surface area contributed by atoms with Crippen LogP contribution in [0.3, 0.4) is 0 Å². The normalized spacial score (nSPS) is 10.1. The number of anilines is 1. The highest BCUT2D eigenvalue weighted by Crippen LogP contribution is 2.34. The first-order valence-corrected chi connectivity index (χ1v) is 5.72. The molecule has 0 aliphatic heterocycles. The van der Waals surface area contributed by atoms with E-state index in [1.165, 1.54) is 19.2 Å². The highest BCUT2D eigenvalue weighted by atomic mass is 35.5. The van der Waals surface area contributed by atoms with Crippen molar-refractivity contribution in [3.63, 3.8) is 0 Å². The van der Waals surface area contributed by atoms with Crippen molar-refractivity contribution in [2.45, 2.75) is 0 Å². The number of methoxy groups -OCH3 is 1. The van der Waals surface area contributed by atoms with Gasteiger partial charge in [0.15, 0.2) is 0 Å². The number of aliphatic hydroxyl groups excluding tert-OH is 1. The van der Waals surface area contributed by atoms with Gasteiger partial charge in [-0.25, -0.2) is 10.6 Å². The zero-order valence-electron chi connectivity index (χ0n) is 9.61. The molecule has 0 aromatic heterocycles. The minimum absolute atomic E-state index is 0.00811. The molecule has 0 radical (unpaired) electrons. The largest absolute Gasteiger partial charge is 0.495 e. The second kappa shape index (κ2) is 6.65. The van der Waals surface area contributed by atoms with Crippen molar-refractivity contribution in [2.24, 2.45) is 5.84 Å². The number of nitrogens with two attached hydrogens (primary N) is 1. The zero-order chi connectivity index (χ0) is 13.7. The lowest BCUT2D eigenvalue weighted by Gasteiger charge is -2.17. The monoisotopic (exact) mass is 293 g/mol. The second-order valence-corrected chi connectivity index (χ2v) is 4.13. The van der Waals surface area contributed by atoms with Crippen LogP contribution in [0.25, 0.3) is 0 Å². The highest BCUT2D eigenvalue weighted by molar-refractivity contribution is 6.37. The number of hydrazine groups is 1. The van der Waals surface area contributed by atoms with Crippen LogP contribution in [-0.2, 0) is 0 Å². The van der Waals surface area contributed by atoms with E-state index in [-0.39, 0.29) is 18.2 Å². The standard InChI is InChI=1S/C10H13Cl2N3O3/c1-18-9-5-8(6(11)4-7(9)12)14-10(17)15(13)2-3-16/h4-5,16H,2-3,13H2,1H3,(H,14,17). The Morgan fingerprint density at radius 1 is 1.50 bits per heavy atom. The van der Waals surface area contributed by atoms with Gasteiger partial charge in [-0.1, -0.05) is 23.2 Å². The van der Waals surface area contributed by atoms with Crippen molar-refractivity contribution in [2.75, 3.05) is 25.6 Å². The van der Waals surface area contributed by atoms with Gasteiger partial charge in [-0.3, -0.25) is 5.01 Å². The third kappa shape index (κ3) is 3.64. The van der Waals surface area contributed by atoms with Gasteiger partial charge in [-0.05, 0) is 6.07 Å². The molecule has 4 N–H and O–H groups in total. The molecule has 100 valence electrons. The molecule has 0 bridgehead atoms. The number of ether oxygens (including phenoxy) is 1. The number of nitrogens with one attached hydrogen (secondary N) is 1.